The van der Waals surface area contributed by atoms with Crippen molar-refractivity contribution < 1.29 is 19.0 Å². The van der Waals surface area contributed by atoms with Gasteiger partial charge in [-0.25, -0.2) is 0 Å². The van der Waals surface area contributed by atoms with Crippen molar-refractivity contribution in [3.8, 4) is 0 Å². The smallest absolute Gasteiger partial charge is 0.171 e. The summed E-state index contributed by atoms with van der Waals surface area (Å²) < 4.78 is 18.6. The molecule has 6 fully saturated rings. The maximum absolute atomic E-state index is 12.6. The summed E-state index contributed by atoms with van der Waals surface area (Å²) in [5.41, 5.74) is 0.168. The van der Waals surface area contributed by atoms with Crippen LogP contribution in [0.5, 0.6) is 0 Å². The van der Waals surface area contributed by atoms with Crippen molar-refractivity contribution >= 4 is 5.78 Å². The fourth-order valence-corrected chi connectivity index (χ4v) is 8.14. The number of hydrogen-bond acceptors (Lipinski definition) is 4. The molecule has 4 aliphatic carbocycles. The molecule has 3 unspecified atom stereocenters. The first-order valence-electron chi connectivity index (χ1n) is 10.4. The van der Waals surface area contributed by atoms with E-state index in [9.17, 15) is 4.79 Å². The van der Waals surface area contributed by atoms with Gasteiger partial charge < -0.3 is 14.2 Å². The first kappa shape index (κ1) is 15.6. The predicted molar refractivity (Wildman–Crippen MR) is 90.9 cm³/mol. The van der Waals surface area contributed by atoms with E-state index in [2.05, 4.69) is 13.8 Å². The summed E-state index contributed by atoms with van der Waals surface area (Å²) in [6.45, 7) is 6.21. The molecule has 4 nitrogen and oxygen atoms in total. The molecule has 0 aromatic rings. The SMILES string of the molecule is C[C@]12CCC3C(C[C@@H]4O[C@@]45CC4(CC[C@]35C)OCCO4)C1CCC2=O. The zero-order valence-corrected chi connectivity index (χ0v) is 15.5. The van der Waals surface area contributed by atoms with Crippen LogP contribution in [0.3, 0.4) is 0 Å². The molecule has 6 aliphatic rings. The van der Waals surface area contributed by atoms with E-state index < -0.39 is 0 Å². The Morgan fingerprint density at radius 2 is 1.80 bits per heavy atom. The van der Waals surface area contributed by atoms with Gasteiger partial charge in [0.05, 0.1) is 19.3 Å². The number of carbonyl (C=O) groups is 1. The number of hydrogen-bond donors (Lipinski definition) is 0. The Bertz CT molecular complexity index is 640. The molecule has 6 rings (SSSR count). The molecular formula is C21H30O4. The quantitative estimate of drug-likeness (QED) is 0.630. The van der Waals surface area contributed by atoms with Crippen LogP contribution in [-0.2, 0) is 19.0 Å². The first-order chi connectivity index (χ1) is 11.9. The van der Waals surface area contributed by atoms with Crippen molar-refractivity contribution in [2.75, 3.05) is 13.2 Å². The van der Waals surface area contributed by atoms with Gasteiger partial charge in [-0.05, 0) is 49.9 Å². The monoisotopic (exact) mass is 346 g/mol. The van der Waals surface area contributed by atoms with Crippen LogP contribution < -0.4 is 0 Å². The van der Waals surface area contributed by atoms with Crippen LogP contribution in [0.25, 0.3) is 0 Å². The maximum Gasteiger partial charge on any atom is 0.171 e. The lowest BCUT2D eigenvalue weighted by Gasteiger charge is -2.59. The normalized spacial score (nSPS) is 58.4. The van der Waals surface area contributed by atoms with E-state index in [1.165, 1.54) is 6.42 Å². The average molecular weight is 346 g/mol. The molecule has 25 heavy (non-hydrogen) atoms. The molecule has 4 saturated carbocycles. The minimum atomic E-state index is -0.367. The van der Waals surface area contributed by atoms with Gasteiger partial charge in [-0.15, -0.1) is 0 Å². The van der Waals surface area contributed by atoms with Crippen LogP contribution in [0.2, 0.25) is 0 Å². The minimum absolute atomic E-state index is 0.0207. The summed E-state index contributed by atoms with van der Waals surface area (Å²) >= 11 is 0. The molecule has 138 valence electrons. The fraction of sp³-hybridized carbons (Fsp3) is 0.952. The number of Topliss-reactive ketones (excluding diaryl/α,β-unsaturated/α-hetero) is 1. The lowest BCUT2D eigenvalue weighted by atomic mass is 9.45. The maximum atomic E-state index is 12.6. The summed E-state index contributed by atoms with van der Waals surface area (Å²) in [5.74, 6) is 2.13. The Morgan fingerprint density at radius 3 is 2.60 bits per heavy atom. The van der Waals surface area contributed by atoms with E-state index in [4.69, 9.17) is 14.2 Å². The summed E-state index contributed by atoms with van der Waals surface area (Å²) in [7, 11) is 0. The van der Waals surface area contributed by atoms with Crippen molar-refractivity contribution in [1.82, 2.24) is 0 Å². The van der Waals surface area contributed by atoms with Gasteiger partial charge in [0.1, 0.15) is 11.4 Å². The van der Waals surface area contributed by atoms with Crippen LogP contribution in [0.4, 0.5) is 0 Å². The molecule has 0 amide bonds. The molecule has 2 aliphatic heterocycles. The lowest BCUT2D eigenvalue weighted by molar-refractivity contribution is -0.226. The van der Waals surface area contributed by atoms with Gasteiger partial charge in [-0.2, -0.15) is 0 Å². The van der Waals surface area contributed by atoms with E-state index in [-0.39, 0.29) is 22.2 Å². The van der Waals surface area contributed by atoms with Gasteiger partial charge in [0, 0.05) is 30.1 Å². The van der Waals surface area contributed by atoms with Gasteiger partial charge in [-0.3, -0.25) is 4.79 Å². The molecule has 0 N–H and O–H groups in total. The number of carbonyl (C=O) groups excluding carboxylic acids is 1. The highest BCUT2D eigenvalue weighted by Crippen LogP contribution is 2.74. The van der Waals surface area contributed by atoms with Crippen LogP contribution in [0, 0.1) is 28.6 Å². The Morgan fingerprint density at radius 1 is 1.00 bits per heavy atom. The molecule has 2 spiro atoms. The third-order valence-electron chi connectivity index (χ3n) is 9.60. The highest BCUT2D eigenvalue weighted by Gasteiger charge is 2.78. The van der Waals surface area contributed by atoms with Gasteiger partial charge >= 0.3 is 0 Å². The molecule has 2 heterocycles. The predicted octanol–water partition coefficient (Wildman–Crippen LogP) is 3.47. The van der Waals surface area contributed by atoms with E-state index in [0.29, 0.717) is 29.6 Å². The summed E-state index contributed by atoms with van der Waals surface area (Å²) in [5, 5.41) is 0. The Kier molecular flexibility index (Phi) is 2.81. The van der Waals surface area contributed by atoms with E-state index in [1.54, 1.807) is 0 Å². The summed E-state index contributed by atoms with van der Waals surface area (Å²) in [4.78, 5) is 12.6. The second kappa shape index (κ2) is 4.51. The van der Waals surface area contributed by atoms with Crippen molar-refractivity contribution in [3.63, 3.8) is 0 Å². The van der Waals surface area contributed by atoms with Crippen LogP contribution in [0.15, 0.2) is 0 Å². The number of ether oxygens (including phenoxy) is 3. The number of ketones is 1. The zero-order chi connectivity index (χ0) is 17.1. The van der Waals surface area contributed by atoms with E-state index >= 15 is 0 Å². The third-order valence-corrected chi connectivity index (χ3v) is 9.60. The second-order valence-corrected chi connectivity index (χ2v) is 10.2. The second-order valence-electron chi connectivity index (χ2n) is 10.2. The molecule has 0 bridgehead atoms. The minimum Gasteiger partial charge on any atom is -0.365 e. The Hall–Kier alpha value is -0.450. The Labute approximate surface area is 150 Å². The van der Waals surface area contributed by atoms with Gasteiger partial charge in [-0.1, -0.05) is 13.8 Å². The first-order valence-corrected chi connectivity index (χ1v) is 10.4. The largest absolute Gasteiger partial charge is 0.365 e. The molecule has 4 heteroatoms. The number of rotatable bonds is 0. The standard InChI is InChI=1S/C21H30O4/c1-18-6-5-15-13(14(18)3-4-16(18)22)11-17-21(25-17)12-20(23-9-10-24-20)8-7-19(15,21)2/h13-15,17H,3-12H2,1-2H3/t13?,14?,15?,17-,18-,19+,21-/m0/s1. The molecule has 2 saturated heterocycles. The highest BCUT2D eigenvalue weighted by atomic mass is 16.7. The third kappa shape index (κ3) is 1.69. The van der Waals surface area contributed by atoms with Crippen molar-refractivity contribution in [3.05, 3.63) is 0 Å². The molecular weight excluding hydrogens is 316 g/mol. The van der Waals surface area contributed by atoms with Crippen molar-refractivity contribution in [1.29, 1.82) is 0 Å². The lowest BCUT2D eigenvalue weighted by Crippen LogP contribution is -2.61. The molecule has 0 aromatic heterocycles. The molecule has 0 radical (unpaired) electrons. The summed E-state index contributed by atoms with van der Waals surface area (Å²) in [6, 6.07) is 0. The Balaban J connectivity index is 1.35. The van der Waals surface area contributed by atoms with Crippen molar-refractivity contribution in [2.24, 2.45) is 28.6 Å². The summed E-state index contributed by atoms with van der Waals surface area (Å²) in [6.07, 6.45) is 8.80. The number of fused-ring (bicyclic) bond motifs is 4. The molecule has 7 atom stereocenters. The topological polar surface area (TPSA) is 48.1 Å². The average Bonchev–Trinajstić information content (AvgIpc) is 2.94. The van der Waals surface area contributed by atoms with E-state index in [0.717, 1.165) is 58.2 Å². The van der Waals surface area contributed by atoms with Crippen LogP contribution in [0.1, 0.15) is 65.2 Å². The van der Waals surface area contributed by atoms with Gasteiger partial charge in [0.15, 0.2) is 5.79 Å². The van der Waals surface area contributed by atoms with Crippen molar-refractivity contribution in [2.45, 2.75) is 82.7 Å². The van der Waals surface area contributed by atoms with Crippen LogP contribution >= 0.6 is 0 Å². The van der Waals surface area contributed by atoms with Gasteiger partial charge in [0.25, 0.3) is 0 Å². The van der Waals surface area contributed by atoms with Gasteiger partial charge in [0.2, 0.25) is 0 Å². The zero-order valence-electron chi connectivity index (χ0n) is 15.5. The molecule has 0 aromatic carbocycles. The number of epoxide rings is 1. The fourth-order valence-electron chi connectivity index (χ4n) is 8.14. The highest BCUT2D eigenvalue weighted by molar-refractivity contribution is 5.87. The van der Waals surface area contributed by atoms with E-state index in [1.807, 2.05) is 0 Å². The van der Waals surface area contributed by atoms with Crippen LogP contribution in [-0.4, -0.2) is 36.5 Å².